The number of nitrogens with zero attached hydrogens (tertiary/aromatic N) is 1. The molecule has 1 aromatic carbocycles. The summed E-state index contributed by atoms with van der Waals surface area (Å²) in [4.78, 5) is 2.04. The SMILES string of the molecule is CC(c1ccc(N2CCC(F)C2)cc1)C(N)CF. The fourth-order valence-electron chi connectivity index (χ4n) is 2.32. The highest BCUT2D eigenvalue weighted by Gasteiger charge is 2.22. The van der Waals surface area contributed by atoms with Crippen LogP contribution in [-0.2, 0) is 0 Å². The Bertz CT molecular complexity index is 359. The predicted molar refractivity (Wildman–Crippen MR) is 70.5 cm³/mol. The molecule has 1 aliphatic rings. The molecule has 1 fully saturated rings. The fourth-order valence-corrected chi connectivity index (χ4v) is 2.32. The van der Waals surface area contributed by atoms with Crippen molar-refractivity contribution in [2.75, 3.05) is 24.7 Å². The number of hydrogen-bond donors (Lipinski definition) is 1. The van der Waals surface area contributed by atoms with Crippen LogP contribution in [0, 0.1) is 0 Å². The average Bonchev–Trinajstić information content (AvgIpc) is 2.84. The van der Waals surface area contributed by atoms with E-state index in [0.29, 0.717) is 13.0 Å². The number of benzene rings is 1. The van der Waals surface area contributed by atoms with Crippen LogP contribution in [0.2, 0.25) is 0 Å². The van der Waals surface area contributed by atoms with Crippen LogP contribution in [0.5, 0.6) is 0 Å². The van der Waals surface area contributed by atoms with Crippen LogP contribution in [0.25, 0.3) is 0 Å². The minimum Gasteiger partial charge on any atom is -0.369 e. The molecule has 18 heavy (non-hydrogen) atoms. The Morgan fingerprint density at radius 1 is 1.39 bits per heavy atom. The van der Waals surface area contributed by atoms with E-state index >= 15 is 0 Å². The van der Waals surface area contributed by atoms with Crippen LogP contribution in [0.4, 0.5) is 14.5 Å². The first-order valence-corrected chi connectivity index (χ1v) is 6.42. The highest BCUT2D eigenvalue weighted by atomic mass is 19.1. The molecule has 0 radical (unpaired) electrons. The Morgan fingerprint density at radius 3 is 2.56 bits per heavy atom. The summed E-state index contributed by atoms with van der Waals surface area (Å²) in [6, 6.07) is 7.39. The molecule has 1 saturated heterocycles. The van der Waals surface area contributed by atoms with Crippen LogP contribution < -0.4 is 10.6 Å². The molecule has 0 bridgehead atoms. The monoisotopic (exact) mass is 254 g/mol. The maximum absolute atomic E-state index is 13.1. The number of alkyl halides is 2. The minimum absolute atomic E-state index is 0.00319. The van der Waals surface area contributed by atoms with Gasteiger partial charge in [-0.05, 0) is 30.0 Å². The van der Waals surface area contributed by atoms with E-state index < -0.39 is 18.9 Å². The lowest BCUT2D eigenvalue weighted by Gasteiger charge is -2.20. The summed E-state index contributed by atoms with van der Waals surface area (Å²) in [6.07, 6.45) is -0.117. The van der Waals surface area contributed by atoms with Crippen molar-refractivity contribution >= 4 is 5.69 Å². The lowest BCUT2D eigenvalue weighted by atomic mass is 9.94. The molecule has 0 aliphatic carbocycles. The van der Waals surface area contributed by atoms with E-state index in [4.69, 9.17) is 5.73 Å². The van der Waals surface area contributed by atoms with Gasteiger partial charge in [0.05, 0.1) is 0 Å². The molecule has 3 unspecified atom stereocenters. The predicted octanol–water partition coefficient (Wildman–Crippen LogP) is 2.64. The zero-order valence-corrected chi connectivity index (χ0v) is 10.7. The summed E-state index contributed by atoms with van der Waals surface area (Å²) in [5, 5.41) is 0. The lowest BCUT2D eigenvalue weighted by molar-refractivity contribution is 0.364. The van der Waals surface area contributed by atoms with E-state index in [1.165, 1.54) is 0 Å². The second-order valence-electron chi connectivity index (χ2n) is 5.03. The zero-order chi connectivity index (χ0) is 13.1. The van der Waals surface area contributed by atoms with Crippen molar-refractivity contribution in [3.8, 4) is 0 Å². The number of anilines is 1. The molecule has 0 amide bonds. The van der Waals surface area contributed by atoms with Crippen molar-refractivity contribution in [2.45, 2.75) is 31.5 Å². The second-order valence-corrected chi connectivity index (χ2v) is 5.03. The molecule has 1 heterocycles. The first-order valence-electron chi connectivity index (χ1n) is 6.42. The van der Waals surface area contributed by atoms with Crippen molar-refractivity contribution in [3.05, 3.63) is 29.8 Å². The molecule has 2 nitrogen and oxygen atoms in total. The van der Waals surface area contributed by atoms with E-state index in [2.05, 4.69) is 0 Å². The van der Waals surface area contributed by atoms with Gasteiger partial charge in [0.15, 0.2) is 0 Å². The van der Waals surface area contributed by atoms with Gasteiger partial charge in [0, 0.05) is 24.8 Å². The number of nitrogens with two attached hydrogens (primary N) is 1. The van der Waals surface area contributed by atoms with Crippen LogP contribution in [0.15, 0.2) is 24.3 Å². The molecule has 3 atom stereocenters. The molecule has 0 aromatic heterocycles. The van der Waals surface area contributed by atoms with Gasteiger partial charge >= 0.3 is 0 Å². The second kappa shape index (κ2) is 5.65. The summed E-state index contributed by atoms with van der Waals surface area (Å²) in [6.45, 7) is 2.64. The largest absolute Gasteiger partial charge is 0.369 e. The van der Waals surface area contributed by atoms with Gasteiger partial charge in [-0.15, -0.1) is 0 Å². The van der Waals surface area contributed by atoms with Gasteiger partial charge in [-0.25, -0.2) is 8.78 Å². The smallest absolute Gasteiger partial charge is 0.119 e. The van der Waals surface area contributed by atoms with Gasteiger partial charge in [-0.1, -0.05) is 19.1 Å². The zero-order valence-electron chi connectivity index (χ0n) is 10.7. The standard InChI is InChI=1S/C14H20F2N2/c1-10(14(17)8-15)11-2-4-13(5-3-11)18-7-6-12(16)9-18/h2-5,10,12,14H,6-9,17H2,1H3. The molecule has 0 spiro atoms. The molecule has 2 rings (SSSR count). The summed E-state index contributed by atoms with van der Waals surface area (Å²) >= 11 is 0. The summed E-state index contributed by atoms with van der Waals surface area (Å²) in [5.41, 5.74) is 7.75. The van der Waals surface area contributed by atoms with E-state index in [1.807, 2.05) is 36.1 Å². The number of hydrogen-bond acceptors (Lipinski definition) is 2. The first-order chi connectivity index (χ1) is 8.61. The molecule has 1 aliphatic heterocycles. The lowest BCUT2D eigenvalue weighted by Crippen LogP contribution is -2.28. The molecule has 0 saturated carbocycles. The van der Waals surface area contributed by atoms with E-state index in [9.17, 15) is 8.78 Å². The highest BCUT2D eigenvalue weighted by molar-refractivity contribution is 5.49. The van der Waals surface area contributed by atoms with Crippen LogP contribution in [0.1, 0.15) is 24.8 Å². The Balaban J connectivity index is 2.05. The number of rotatable bonds is 4. The maximum Gasteiger partial charge on any atom is 0.119 e. The third-order valence-electron chi connectivity index (χ3n) is 3.74. The maximum atomic E-state index is 13.1. The molecular weight excluding hydrogens is 234 g/mol. The Hall–Kier alpha value is -1.16. The summed E-state index contributed by atoms with van der Waals surface area (Å²) in [7, 11) is 0. The van der Waals surface area contributed by atoms with Gasteiger partial charge in [0.1, 0.15) is 12.8 Å². The molecule has 2 N–H and O–H groups in total. The average molecular weight is 254 g/mol. The van der Waals surface area contributed by atoms with Gasteiger partial charge < -0.3 is 10.6 Å². The third-order valence-corrected chi connectivity index (χ3v) is 3.74. The van der Waals surface area contributed by atoms with Crippen molar-refractivity contribution in [1.82, 2.24) is 0 Å². The molecule has 100 valence electrons. The van der Waals surface area contributed by atoms with Crippen molar-refractivity contribution in [2.24, 2.45) is 5.73 Å². The normalized spacial score (nSPS) is 23.1. The fraction of sp³-hybridized carbons (Fsp3) is 0.571. The molecular formula is C14H20F2N2. The van der Waals surface area contributed by atoms with Gasteiger partial charge in [0.25, 0.3) is 0 Å². The van der Waals surface area contributed by atoms with Crippen molar-refractivity contribution < 1.29 is 8.78 Å². The van der Waals surface area contributed by atoms with Crippen molar-refractivity contribution in [1.29, 1.82) is 0 Å². The number of halogens is 2. The van der Waals surface area contributed by atoms with Crippen LogP contribution >= 0.6 is 0 Å². The van der Waals surface area contributed by atoms with Gasteiger partial charge in [0.2, 0.25) is 0 Å². The summed E-state index contributed by atoms with van der Waals surface area (Å²) in [5.74, 6) is -0.00319. The minimum atomic E-state index is -0.719. The van der Waals surface area contributed by atoms with Crippen LogP contribution in [0.3, 0.4) is 0 Å². The van der Waals surface area contributed by atoms with E-state index in [-0.39, 0.29) is 5.92 Å². The van der Waals surface area contributed by atoms with E-state index in [1.54, 1.807) is 0 Å². The van der Waals surface area contributed by atoms with Crippen LogP contribution in [-0.4, -0.2) is 32.0 Å². The Morgan fingerprint density at radius 2 is 2.06 bits per heavy atom. The van der Waals surface area contributed by atoms with Gasteiger partial charge in [-0.3, -0.25) is 0 Å². The molecule has 1 aromatic rings. The first kappa shape index (κ1) is 13.3. The Kier molecular flexibility index (Phi) is 4.17. The Labute approximate surface area is 107 Å². The highest BCUT2D eigenvalue weighted by Crippen LogP contribution is 2.25. The topological polar surface area (TPSA) is 29.3 Å². The quantitative estimate of drug-likeness (QED) is 0.895. The van der Waals surface area contributed by atoms with Gasteiger partial charge in [-0.2, -0.15) is 0 Å². The van der Waals surface area contributed by atoms with Crippen molar-refractivity contribution in [3.63, 3.8) is 0 Å². The molecule has 4 heteroatoms. The van der Waals surface area contributed by atoms with E-state index in [0.717, 1.165) is 17.8 Å². The third kappa shape index (κ3) is 2.80. The summed E-state index contributed by atoms with van der Waals surface area (Å²) < 4.78 is 25.6.